The van der Waals surface area contributed by atoms with Gasteiger partial charge in [-0.2, -0.15) is 9.29 Å². The zero-order valence-electron chi connectivity index (χ0n) is 12.3. The van der Waals surface area contributed by atoms with Gasteiger partial charge in [-0.25, -0.2) is 8.42 Å². The van der Waals surface area contributed by atoms with E-state index >= 15 is 0 Å². The van der Waals surface area contributed by atoms with E-state index in [9.17, 15) is 8.42 Å². The average molecular weight is 322 g/mol. The molecule has 0 spiro atoms. The van der Waals surface area contributed by atoms with Crippen LogP contribution in [0.2, 0.25) is 0 Å². The molecule has 3 rings (SSSR count). The molecular formula is C14H18N4O3S. The lowest BCUT2D eigenvalue weighted by Crippen LogP contribution is -2.35. The molecule has 0 amide bonds. The normalized spacial score (nSPS) is 20.7. The van der Waals surface area contributed by atoms with Gasteiger partial charge in [-0.3, -0.25) is 4.98 Å². The number of aromatic nitrogens is 3. The highest BCUT2D eigenvalue weighted by Gasteiger charge is 2.35. The smallest absolute Gasteiger partial charge is 0.245 e. The summed E-state index contributed by atoms with van der Waals surface area (Å²) >= 11 is 0. The Morgan fingerprint density at radius 2 is 2.18 bits per heavy atom. The van der Waals surface area contributed by atoms with Crippen molar-refractivity contribution in [3.8, 4) is 0 Å². The maximum Gasteiger partial charge on any atom is 0.245 e. The van der Waals surface area contributed by atoms with Gasteiger partial charge < -0.3 is 4.52 Å². The fourth-order valence-electron chi connectivity index (χ4n) is 2.71. The molecule has 0 radical (unpaired) electrons. The molecule has 0 bridgehead atoms. The second-order valence-corrected chi connectivity index (χ2v) is 7.23. The zero-order chi connectivity index (χ0) is 15.6. The van der Waals surface area contributed by atoms with Crippen molar-refractivity contribution in [3.63, 3.8) is 0 Å². The van der Waals surface area contributed by atoms with Crippen molar-refractivity contribution in [2.24, 2.45) is 0 Å². The summed E-state index contributed by atoms with van der Waals surface area (Å²) in [5, 5.41) is 3.93. The first-order valence-corrected chi connectivity index (χ1v) is 8.75. The summed E-state index contributed by atoms with van der Waals surface area (Å²) in [6.07, 6.45) is 6.38. The summed E-state index contributed by atoms with van der Waals surface area (Å²) in [4.78, 5) is 8.35. The molecule has 1 atom stereocenters. The Morgan fingerprint density at radius 3 is 2.86 bits per heavy atom. The maximum absolute atomic E-state index is 12.9. The Morgan fingerprint density at radius 1 is 1.32 bits per heavy atom. The Hall–Kier alpha value is -1.80. The molecule has 1 aliphatic heterocycles. The fourth-order valence-corrected chi connectivity index (χ4v) is 4.33. The average Bonchev–Trinajstić information content (AvgIpc) is 2.81. The second kappa shape index (κ2) is 6.13. The van der Waals surface area contributed by atoms with E-state index in [4.69, 9.17) is 4.52 Å². The number of rotatable bonds is 3. The van der Waals surface area contributed by atoms with Gasteiger partial charge in [0.05, 0.1) is 6.04 Å². The molecule has 1 saturated heterocycles. The van der Waals surface area contributed by atoms with Crippen LogP contribution in [0.4, 0.5) is 0 Å². The van der Waals surface area contributed by atoms with Crippen LogP contribution in [0.5, 0.6) is 0 Å². The van der Waals surface area contributed by atoms with Crippen molar-refractivity contribution in [3.05, 3.63) is 36.2 Å². The van der Waals surface area contributed by atoms with Gasteiger partial charge in [-0.15, -0.1) is 0 Å². The third kappa shape index (κ3) is 2.89. The van der Waals surface area contributed by atoms with Crippen LogP contribution < -0.4 is 0 Å². The number of aryl methyl sites for hydroxylation is 1. The minimum atomic E-state index is -3.62. The molecule has 7 nitrogen and oxygen atoms in total. The predicted molar refractivity (Wildman–Crippen MR) is 78.4 cm³/mol. The van der Waals surface area contributed by atoms with Crippen molar-refractivity contribution >= 4 is 10.0 Å². The summed E-state index contributed by atoms with van der Waals surface area (Å²) in [7, 11) is -3.62. The number of nitrogens with zero attached hydrogens (tertiary/aromatic N) is 4. The van der Waals surface area contributed by atoms with Gasteiger partial charge in [-0.05, 0) is 25.0 Å². The van der Waals surface area contributed by atoms with E-state index in [0.717, 1.165) is 19.3 Å². The lowest BCUT2D eigenvalue weighted by molar-refractivity contribution is 0.302. The Labute approximate surface area is 129 Å². The highest BCUT2D eigenvalue weighted by atomic mass is 32.2. The number of hydrogen-bond donors (Lipinski definition) is 0. The highest BCUT2D eigenvalue weighted by molar-refractivity contribution is 7.89. The van der Waals surface area contributed by atoms with Crippen molar-refractivity contribution in [1.29, 1.82) is 0 Å². The quantitative estimate of drug-likeness (QED) is 0.859. The summed E-state index contributed by atoms with van der Waals surface area (Å²) in [5.74, 6) is 0.879. The van der Waals surface area contributed by atoms with Crippen molar-refractivity contribution in [1.82, 2.24) is 19.4 Å². The Kier molecular flexibility index (Phi) is 4.21. The van der Waals surface area contributed by atoms with E-state index in [1.807, 2.05) is 0 Å². The molecule has 0 unspecified atom stereocenters. The number of pyridine rings is 1. The first kappa shape index (κ1) is 15.1. The SMILES string of the molecule is Cc1nc([C@@H]2CCCCCN2S(=O)(=O)c2cccnc2)no1. The van der Waals surface area contributed by atoms with Gasteiger partial charge >= 0.3 is 0 Å². The summed E-state index contributed by atoms with van der Waals surface area (Å²) in [6, 6.07) is 2.80. The lowest BCUT2D eigenvalue weighted by Gasteiger charge is -2.26. The first-order chi connectivity index (χ1) is 10.6. The van der Waals surface area contributed by atoms with E-state index < -0.39 is 10.0 Å². The summed E-state index contributed by atoms with van der Waals surface area (Å²) < 4.78 is 32.4. The molecule has 118 valence electrons. The molecule has 22 heavy (non-hydrogen) atoms. The zero-order valence-corrected chi connectivity index (χ0v) is 13.2. The van der Waals surface area contributed by atoms with Crippen LogP contribution in [-0.2, 0) is 10.0 Å². The van der Waals surface area contributed by atoms with Crippen molar-refractivity contribution < 1.29 is 12.9 Å². The van der Waals surface area contributed by atoms with E-state index in [1.54, 1.807) is 25.3 Å². The monoisotopic (exact) mass is 322 g/mol. The molecule has 0 aromatic carbocycles. The third-order valence-corrected chi connectivity index (χ3v) is 5.68. The maximum atomic E-state index is 12.9. The largest absolute Gasteiger partial charge is 0.340 e. The van der Waals surface area contributed by atoms with Gasteiger partial charge in [0.2, 0.25) is 15.9 Å². The molecule has 3 heterocycles. The number of hydrogen-bond acceptors (Lipinski definition) is 6. The van der Waals surface area contributed by atoms with E-state index in [2.05, 4.69) is 15.1 Å². The van der Waals surface area contributed by atoms with Crippen LogP contribution in [0.15, 0.2) is 33.9 Å². The van der Waals surface area contributed by atoms with Crippen LogP contribution in [0.25, 0.3) is 0 Å². The van der Waals surface area contributed by atoms with Crippen LogP contribution in [0.3, 0.4) is 0 Å². The predicted octanol–water partition coefficient (Wildman–Crippen LogP) is 2.08. The highest BCUT2D eigenvalue weighted by Crippen LogP contribution is 2.33. The van der Waals surface area contributed by atoms with Gasteiger partial charge in [-0.1, -0.05) is 18.0 Å². The summed E-state index contributed by atoms with van der Waals surface area (Å²) in [5.41, 5.74) is 0. The minimum Gasteiger partial charge on any atom is -0.340 e. The van der Waals surface area contributed by atoms with Crippen LogP contribution >= 0.6 is 0 Å². The standard InChI is InChI=1S/C14H18N4O3S/c1-11-16-14(17-21-11)13-7-3-2-4-9-18(13)22(19,20)12-6-5-8-15-10-12/h5-6,8,10,13H,2-4,7,9H2,1H3/t13-/m0/s1. The molecule has 0 saturated carbocycles. The molecular weight excluding hydrogens is 304 g/mol. The van der Waals surface area contributed by atoms with Crippen LogP contribution in [0.1, 0.15) is 43.4 Å². The minimum absolute atomic E-state index is 0.196. The second-order valence-electron chi connectivity index (χ2n) is 5.34. The van der Waals surface area contributed by atoms with Gasteiger partial charge in [0.25, 0.3) is 0 Å². The molecule has 1 fully saturated rings. The third-order valence-electron chi connectivity index (χ3n) is 3.79. The first-order valence-electron chi connectivity index (χ1n) is 7.31. The van der Waals surface area contributed by atoms with Crippen molar-refractivity contribution in [2.75, 3.05) is 6.54 Å². The van der Waals surface area contributed by atoms with Crippen molar-refractivity contribution in [2.45, 2.75) is 43.5 Å². The van der Waals surface area contributed by atoms with E-state index in [1.165, 1.54) is 10.5 Å². The summed E-state index contributed by atoms with van der Waals surface area (Å²) in [6.45, 7) is 2.16. The van der Waals surface area contributed by atoms with Gasteiger partial charge in [0.1, 0.15) is 4.90 Å². The number of sulfonamides is 1. The topological polar surface area (TPSA) is 89.2 Å². The lowest BCUT2D eigenvalue weighted by atomic mass is 10.1. The molecule has 1 aliphatic rings. The Balaban J connectivity index is 2.00. The van der Waals surface area contributed by atoms with E-state index in [-0.39, 0.29) is 10.9 Å². The molecule has 2 aromatic heterocycles. The Bertz CT molecular complexity index is 730. The molecule has 0 aliphatic carbocycles. The molecule has 2 aromatic rings. The van der Waals surface area contributed by atoms with Crippen LogP contribution in [-0.4, -0.2) is 34.4 Å². The van der Waals surface area contributed by atoms with Crippen LogP contribution in [0, 0.1) is 6.92 Å². The molecule has 8 heteroatoms. The molecule has 0 N–H and O–H groups in total. The fraction of sp³-hybridized carbons (Fsp3) is 0.500. The van der Waals surface area contributed by atoms with Gasteiger partial charge in [0, 0.05) is 25.9 Å². The van der Waals surface area contributed by atoms with Gasteiger partial charge in [0.15, 0.2) is 5.82 Å². The van der Waals surface area contributed by atoms with E-state index in [0.29, 0.717) is 24.7 Å².